The van der Waals surface area contributed by atoms with Crippen LogP contribution in [0.25, 0.3) is 0 Å². The molecule has 1 aromatic rings. The summed E-state index contributed by atoms with van der Waals surface area (Å²) in [6.45, 7) is 6.12. The molecule has 108 valence electrons. The summed E-state index contributed by atoms with van der Waals surface area (Å²) in [5.41, 5.74) is 7.97. The van der Waals surface area contributed by atoms with Crippen molar-refractivity contribution in [3.8, 4) is 0 Å². The summed E-state index contributed by atoms with van der Waals surface area (Å²) >= 11 is 0. The maximum atomic E-state index is 6.17. The first-order chi connectivity index (χ1) is 9.17. The predicted octanol–water partition coefficient (Wildman–Crippen LogP) is 2.18. The predicted molar refractivity (Wildman–Crippen MR) is 78.2 cm³/mol. The summed E-state index contributed by atoms with van der Waals surface area (Å²) in [6, 6.07) is 0. The zero-order valence-corrected chi connectivity index (χ0v) is 12.3. The van der Waals surface area contributed by atoms with E-state index in [2.05, 4.69) is 24.3 Å². The second-order valence-electron chi connectivity index (χ2n) is 5.33. The average molecular weight is 266 g/mol. The molecule has 1 aliphatic rings. The standard InChI is InChI=1S/C14H26N4O/c1-4-6-11-13(15)14(18(3)17-11)16-9-10-7-8-19-12(10)5-2/h10,12,16H,4-9,15H2,1-3H3. The average Bonchev–Trinajstić information content (AvgIpc) is 2.94. The van der Waals surface area contributed by atoms with Crippen LogP contribution in [0.1, 0.15) is 38.8 Å². The van der Waals surface area contributed by atoms with Crippen molar-refractivity contribution in [3.63, 3.8) is 0 Å². The van der Waals surface area contributed by atoms with Crippen LogP contribution in [0.4, 0.5) is 11.5 Å². The lowest BCUT2D eigenvalue weighted by Crippen LogP contribution is -2.23. The number of nitrogen functional groups attached to an aromatic ring is 1. The fourth-order valence-electron chi connectivity index (χ4n) is 2.83. The molecule has 0 amide bonds. The fourth-order valence-corrected chi connectivity index (χ4v) is 2.83. The third-order valence-corrected chi connectivity index (χ3v) is 3.93. The van der Waals surface area contributed by atoms with E-state index in [9.17, 15) is 0 Å². The minimum atomic E-state index is 0.386. The van der Waals surface area contributed by atoms with E-state index in [1.54, 1.807) is 0 Å². The summed E-state index contributed by atoms with van der Waals surface area (Å²) in [5, 5.41) is 7.94. The Morgan fingerprint density at radius 2 is 2.26 bits per heavy atom. The molecule has 0 aliphatic carbocycles. The SMILES string of the molecule is CCCc1nn(C)c(NCC2CCOC2CC)c1N. The molecule has 5 heteroatoms. The summed E-state index contributed by atoms with van der Waals surface area (Å²) in [6.07, 6.45) is 4.59. The molecule has 0 spiro atoms. The number of aromatic nitrogens is 2. The number of nitrogens with one attached hydrogen (secondary N) is 1. The van der Waals surface area contributed by atoms with Crippen molar-refractivity contribution >= 4 is 11.5 Å². The van der Waals surface area contributed by atoms with Crippen molar-refractivity contribution in [3.05, 3.63) is 5.69 Å². The fraction of sp³-hybridized carbons (Fsp3) is 0.786. The molecule has 0 radical (unpaired) electrons. The highest BCUT2D eigenvalue weighted by Gasteiger charge is 2.27. The minimum absolute atomic E-state index is 0.386. The van der Waals surface area contributed by atoms with Crippen LogP contribution in [-0.4, -0.2) is 29.0 Å². The third kappa shape index (κ3) is 3.03. The molecule has 2 heterocycles. The van der Waals surface area contributed by atoms with Crippen molar-refractivity contribution in [2.75, 3.05) is 24.2 Å². The van der Waals surface area contributed by atoms with Crippen LogP contribution in [0.15, 0.2) is 0 Å². The smallest absolute Gasteiger partial charge is 0.147 e. The Hall–Kier alpha value is -1.23. The van der Waals surface area contributed by atoms with Gasteiger partial charge in [-0.1, -0.05) is 20.3 Å². The highest BCUT2D eigenvalue weighted by Crippen LogP contribution is 2.27. The highest BCUT2D eigenvalue weighted by atomic mass is 16.5. The number of hydrogen-bond donors (Lipinski definition) is 2. The van der Waals surface area contributed by atoms with E-state index in [1.807, 2.05) is 11.7 Å². The Kier molecular flexibility index (Phi) is 4.69. The molecule has 2 rings (SSSR count). The zero-order chi connectivity index (χ0) is 13.8. The van der Waals surface area contributed by atoms with Crippen molar-refractivity contribution in [2.45, 2.75) is 45.6 Å². The van der Waals surface area contributed by atoms with Gasteiger partial charge in [0.25, 0.3) is 0 Å². The lowest BCUT2D eigenvalue weighted by atomic mass is 10.00. The summed E-state index contributed by atoms with van der Waals surface area (Å²) in [7, 11) is 1.94. The van der Waals surface area contributed by atoms with Gasteiger partial charge in [0, 0.05) is 26.1 Å². The molecule has 2 atom stereocenters. The summed E-state index contributed by atoms with van der Waals surface area (Å²) in [4.78, 5) is 0. The maximum Gasteiger partial charge on any atom is 0.147 e. The van der Waals surface area contributed by atoms with Gasteiger partial charge >= 0.3 is 0 Å². The molecule has 1 fully saturated rings. The Labute approximate surface area is 115 Å². The monoisotopic (exact) mass is 266 g/mol. The number of nitrogens with two attached hydrogens (primary N) is 1. The van der Waals surface area contributed by atoms with Crippen LogP contribution in [0.5, 0.6) is 0 Å². The lowest BCUT2D eigenvalue weighted by molar-refractivity contribution is 0.0900. The van der Waals surface area contributed by atoms with E-state index in [0.717, 1.165) is 56.0 Å². The van der Waals surface area contributed by atoms with Crippen LogP contribution in [0.2, 0.25) is 0 Å². The number of nitrogens with zero attached hydrogens (tertiary/aromatic N) is 2. The number of hydrogen-bond acceptors (Lipinski definition) is 4. The van der Waals surface area contributed by atoms with E-state index in [-0.39, 0.29) is 0 Å². The van der Waals surface area contributed by atoms with Gasteiger partial charge in [-0.3, -0.25) is 4.68 Å². The molecular formula is C14H26N4O. The van der Waals surface area contributed by atoms with E-state index in [4.69, 9.17) is 10.5 Å². The molecule has 1 saturated heterocycles. The summed E-state index contributed by atoms with van der Waals surface area (Å²) in [5.74, 6) is 1.53. The van der Waals surface area contributed by atoms with E-state index in [1.165, 1.54) is 0 Å². The van der Waals surface area contributed by atoms with Crippen molar-refractivity contribution < 1.29 is 4.74 Å². The molecule has 3 N–H and O–H groups in total. The topological polar surface area (TPSA) is 65.1 Å². The van der Waals surface area contributed by atoms with Crippen LogP contribution in [0, 0.1) is 5.92 Å². The number of aryl methyl sites for hydroxylation is 2. The van der Waals surface area contributed by atoms with Crippen LogP contribution >= 0.6 is 0 Å². The maximum absolute atomic E-state index is 6.17. The quantitative estimate of drug-likeness (QED) is 0.828. The minimum Gasteiger partial charge on any atom is -0.394 e. The van der Waals surface area contributed by atoms with E-state index < -0.39 is 0 Å². The lowest BCUT2D eigenvalue weighted by Gasteiger charge is -2.18. The molecule has 0 saturated carbocycles. The van der Waals surface area contributed by atoms with Gasteiger partial charge in [-0.2, -0.15) is 5.10 Å². The highest BCUT2D eigenvalue weighted by molar-refractivity contribution is 5.65. The Morgan fingerprint density at radius 3 is 2.95 bits per heavy atom. The van der Waals surface area contributed by atoms with Gasteiger partial charge in [-0.25, -0.2) is 0 Å². The Balaban J connectivity index is 1.99. The molecular weight excluding hydrogens is 240 g/mol. The number of anilines is 2. The zero-order valence-electron chi connectivity index (χ0n) is 12.3. The molecule has 19 heavy (non-hydrogen) atoms. The van der Waals surface area contributed by atoms with Crippen molar-refractivity contribution in [1.29, 1.82) is 0 Å². The van der Waals surface area contributed by atoms with E-state index >= 15 is 0 Å². The molecule has 5 nitrogen and oxygen atoms in total. The number of ether oxygens (including phenoxy) is 1. The molecule has 1 aromatic heterocycles. The largest absolute Gasteiger partial charge is 0.394 e. The van der Waals surface area contributed by atoms with Crippen LogP contribution < -0.4 is 11.1 Å². The van der Waals surface area contributed by atoms with E-state index in [0.29, 0.717) is 12.0 Å². The van der Waals surface area contributed by atoms with Gasteiger partial charge in [0.05, 0.1) is 17.5 Å². The normalized spacial score (nSPS) is 22.9. The first-order valence-corrected chi connectivity index (χ1v) is 7.34. The van der Waals surface area contributed by atoms with Gasteiger partial charge in [-0.05, 0) is 19.3 Å². The third-order valence-electron chi connectivity index (χ3n) is 3.93. The van der Waals surface area contributed by atoms with Gasteiger partial charge in [0.2, 0.25) is 0 Å². The van der Waals surface area contributed by atoms with Crippen LogP contribution in [0.3, 0.4) is 0 Å². The Bertz CT molecular complexity index is 416. The molecule has 0 aromatic carbocycles. The van der Waals surface area contributed by atoms with Gasteiger partial charge in [0.15, 0.2) is 0 Å². The number of rotatable bonds is 6. The first-order valence-electron chi connectivity index (χ1n) is 7.34. The van der Waals surface area contributed by atoms with Gasteiger partial charge in [0.1, 0.15) is 5.82 Å². The second kappa shape index (κ2) is 6.28. The van der Waals surface area contributed by atoms with Gasteiger partial charge < -0.3 is 15.8 Å². The van der Waals surface area contributed by atoms with Crippen molar-refractivity contribution in [1.82, 2.24) is 9.78 Å². The summed E-state index contributed by atoms with van der Waals surface area (Å²) < 4.78 is 7.57. The molecule has 1 aliphatic heterocycles. The Morgan fingerprint density at radius 1 is 1.47 bits per heavy atom. The van der Waals surface area contributed by atoms with Gasteiger partial charge in [-0.15, -0.1) is 0 Å². The first kappa shape index (κ1) is 14.2. The molecule has 0 bridgehead atoms. The second-order valence-corrected chi connectivity index (χ2v) is 5.33. The molecule has 2 unspecified atom stereocenters. The van der Waals surface area contributed by atoms with Crippen molar-refractivity contribution in [2.24, 2.45) is 13.0 Å². The van der Waals surface area contributed by atoms with Crippen LogP contribution in [-0.2, 0) is 18.2 Å².